The Balaban J connectivity index is 2.59. The predicted octanol–water partition coefficient (Wildman–Crippen LogP) is 2.11. The van der Waals surface area contributed by atoms with Gasteiger partial charge in [-0.3, -0.25) is 0 Å². The normalized spacial score (nSPS) is 14.5. The van der Waals surface area contributed by atoms with E-state index in [9.17, 15) is 9.90 Å². The quantitative estimate of drug-likeness (QED) is 0.690. The Morgan fingerprint density at radius 3 is 2.29 bits per heavy atom. The molecule has 0 aliphatic carbocycles. The van der Waals surface area contributed by atoms with Crippen molar-refractivity contribution in [1.82, 2.24) is 0 Å². The molecule has 1 rings (SSSR count). The van der Waals surface area contributed by atoms with E-state index in [2.05, 4.69) is 0 Å². The molecule has 0 saturated carbocycles. The molecule has 0 amide bonds. The minimum atomic E-state index is -1.32. The van der Waals surface area contributed by atoms with Crippen LogP contribution in [-0.2, 0) is 14.6 Å². The first kappa shape index (κ1) is 10.7. The van der Waals surface area contributed by atoms with E-state index in [1.807, 2.05) is 30.3 Å². The summed E-state index contributed by atoms with van der Waals surface area (Å²) in [4.78, 5) is 11.0. The molecule has 0 heterocycles. The van der Waals surface area contributed by atoms with E-state index in [0.717, 1.165) is 5.56 Å². The van der Waals surface area contributed by atoms with E-state index in [4.69, 9.17) is 4.74 Å². The zero-order chi connectivity index (χ0) is 10.6. The van der Waals surface area contributed by atoms with Crippen LogP contribution in [0.4, 0.5) is 0 Å². The monoisotopic (exact) mass is 193 g/mol. The van der Waals surface area contributed by atoms with E-state index in [1.165, 1.54) is 6.92 Å². The van der Waals surface area contributed by atoms with Gasteiger partial charge in [-0.25, -0.2) is 9.90 Å². The van der Waals surface area contributed by atoms with Crippen molar-refractivity contribution < 1.29 is 14.6 Å². The zero-order valence-corrected chi connectivity index (χ0v) is 8.27. The van der Waals surface area contributed by atoms with Crippen LogP contribution in [0.2, 0.25) is 0 Å². The molecular weight excluding hydrogens is 180 g/mol. The highest BCUT2D eigenvalue weighted by molar-refractivity contribution is 5.74. The SMILES string of the molecule is CC([O])C(=O)OC(C)c1ccccc1. The van der Waals surface area contributed by atoms with Gasteiger partial charge in [0.25, 0.3) is 0 Å². The summed E-state index contributed by atoms with van der Waals surface area (Å²) < 4.78 is 4.95. The fraction of sp³-hybridized carbons (Fsp3) is 0.364. The minimum Gasteiger partial charge on any atom is -0.456 e. The summed E-state index contributed by atoms with van der Waals surface area (Å²) in [5, 5.41) is 10.7. The molecule has 0 aliphatic heterocycles. The lowest BCUT2D eigenvalue weighted by Crippen LogP contribution is -2.19. The molecule has 2 unspecified atom stereocenters. The first-order valence-electron chi connectivity index (χ1n) is 4.52. The van der Waals surface area contributed by atoms with Gasteiger partial charge in [0.2, 0.25) is 0 Å². The molecule has 0 aromatic heterocycles. The number of carbonyl (C=O) groups excluding carboxylic acids is 1. The molecule has 3 nitrogen and oxygen atoms in total. The second-order valence-corrected chi connectivity index (χ2v) is 3.13. The maximum absolute atomic E-state index is 11.0. The van der Waals surface area contributed by atoms with Gasteiger partial charge in [0.05, 0.1) is 0 Å². The number of hydrogen-bond acceptors (Lipinski definition) is 2. The van der Waals surface area contributed by atoms with Gasteiger partial charge in [-0.1, -0.05) is 30.3 Å². The molecule has 75 valence electrons. The lowest BCUT2D eigenvalue weighted by molar-refractivity contribution is -0.161. The van der Waals surface area contributed by atoms with Crippen LogP contribution in [0.15, 0.2) is 30.3 Å². The van der Waals surface area contributed by atoms with Gasteiger partial charge in [0, 0.05) is 0 Å². The van der Waals surface area contributed by atoms with E-state index in [1.54, 1.807) is 6.92 Å². The van der Waals surface area contributed by atoms with E-state index < -0.39 is 12.1 Å². The molecule has 3 heteroatoms. The van der Waals surface area contributed by atoms with Crippen LogP contribution in [0.5, 0.6) is 0 Å². The Hall–Kier alpha value is -1.35. The number of ether oxygens (including phenoxy) is 1. The Morgan fingerprint density at radius 2 is 1.79 bits per heavy atom. The van der Waals surface area contributed by atoms with Gasteiger partial charge in [-0.05, 0) is 19.4 Å². The second-order valence-electron chi connectivity index (χ2n) is 3.13. The van der Waals surface area contributed by atoms with Gasteiger partial charge in [-0.15, -0.1) is 0 Å². The third-order valence-electron chi connectivity index (χ3n) is 1.89. The van der Waals surface area contributed by atoms with Crippen molar-refractivity contribution in [3.05, 3.63) is 35.9 Å². The van der Waals surface area contributed by atoms with Crippen molar-refractivity contribution in [2.75, 3.05) is 0 Å². The summed E-state index contributed by atoms with van der Waals surface area (Å²) in [5.74, 6) is -0.707. The molecule has 0 bridgehead atoms. The molecule has 0 aliphatic rings. The topological polar surface area (TPSA) is 46.2 Å². The van der Waals surface area contributed by atoms with Crippen LogP contribution in [0.1, 0.15) is 25.5 Å². The molecule has 0 fully saturated rings. The first-order valence-corrected chi connectivity index (χ1v) is 4.52. The molecule has 1 aromatic carbocycles. The standard InChI is InChI=1S/C11H13O3/c1-8(12)11(13)14-9(2)10-6-4-3-5-7-10/h3-9H,1-2H3. The number of carbonyl (C=O) groups is 1. The van der Waals surface area contributed by atoms with E-state index in [0.29, 0.717) is 0 Å². The van der Waals surface area contributed by atoms with Crippen LogP contribution in [0.3, 0.4) is 0 Å². The Bertz CT molecular complexity index is 293. The number of hydrogen-bond donors (Lipinski definition) is 0. The molecule has 1 radical (unpaired) electrons. The summed E-state index contributed by atoms with van der Waals surface area (Å²) >= 11 is 0. The van der Waals surface area contributed by atoms with Crippen LogP contribution < -0.4 is 0 Å². The number of benzene rings is 1. The number of rotatable bonds is 3. The van der Waals surface area contributed by atoms with Gasteiger partial charge in [-0.2, -0.15) is 0 Å². The molecular formula is C11H13O3. The van der Waals surface area contributed by atoms with Crippen molar-refractivity contribution in [2.24, 2.45) is 0 Å². The van der Waals surface area contributed by atoms with Crippen LogP contribution in [0.25, 0.3) is 0 Å². The van der Waals surface area contributed by atoms with Crippen molar-refractivity contribution in [2.45, 2.75) is 26.1 Å². The summed E-state index contributed by atoms with van der Waals surface area (Å²) in [5.41, 5.74) is 0.890. The summed E-state index contributed by atoms with van der Waals surface area (Å²) in [6.45, 7) is 3.02. The lowest BCUT2D eigenvalue weighted by atomic mass is 10.1. The Kier molecular flexibility index (Phi) is 3.65. The average Bonchev–Trinajstić information content (AvgIpc) is 2.19. The van der Waals surface area contributed by atoms with Gasteiger partial charge in [0.1, 0.15) is 6.10 Å². The van der Waals surface area contributed by atoms with Crippen molar-refractivity contribution in [3.8, 4) is 0 Å². The third-order valence-corrected chi connectivity index (χ3v) is 1.89. The van der Waals surface area contributed by atoms with Crippen LogP contribution in [-0.4, -0.2) is 12.1 Å². The maximum atomic E-state index is 11.0. The summed E-state index contributed by atoms with van der Waals surface area (Å²) in [7, 11) is 0. The largest absolute Gasteiger partial charge is 0.456 e. The highest BCUT2D eigenvalue weighted by Crippen LogP contribution is 2.16. The summed E-state index contributed by atoms with van der Waals surface area (Å²) in [6, 6.07) is 9.32. The maximum Gasteiger partial charge on any atom is 0.338 e. The minimum absolute atomic E-state index is 0.361. The molecule has 0 spiro atoms. The number of esters is 1. The summed E-state index contributed by atoms with van der Waals surface area (Å²) in [6.07, 6.45) is -1.68. The van der Waals surface area contributed by atoms with Gasteiger partial charge >= 0.3 is 5.97 Å². The zero-order valence-electron chi connectivity index (χ0n) is 8.27. The molecule has 2 atom stereocenters. The lowest BCUT2D eigenvalue weighted by Gasteiger charge is -2.13. The molecule has 1 aromatic rings. The van der Waals surface area contributed by atoms with Crippen molar-refractivity contribution in [1.29, 1.82) is 0 Å². The Labute approximate surface area is 83.3 Å². The fourth-order valence-electron chi connectivity index (χ4n) is 1.06. The van der Waals surface area contributed by atoms with E-state index in [-0.39, 0.29) is 6.10 Å². The predicted molar refractivity (Wildman–Crippen MR) is 51.1 cm³/mol. The van der Waals surface area contributed by atoms with Crippen molar-refractivity contribution in [3.63, 3.8) is 0 Å². The Morgan fingerprint density at radius 1 is 1.21 bits per heavy atom. The third kappa shape index (κ3) is 2.85. The first-order chi connectivity index (χ1) is 6.61. The van der Waals surface area contributed by atoms with Gasteiger partial charge < -0.3 is 4.74 Å². The van der Waals surface area contributed by atoms with Crippen LogP contribution >= 0.6 is 0 Å². The van der Waals surface area contributed by atoms with Crippen LogP contribution in [0, 0.1) is 0 Å². The highest BCUT2D eigenvalue weighted by atomic mass is 16.6. The molecule has 14 heavy (non-hydrogen) atoms. The molecule has 0 saturated heterocycles. The molecule has 0 N–H and O–H groups in total. The van der Waals surface area contributed by atoms with Gasteiger partial charge in [0.15, 0.2) is 6.10 Å². The highest BCUT2D eigenvalue weighted by Gasteiger charge is 2.16. The van der Waals surface area contributed by atoms with E-state index >= 15 is 0 Å². The van der Waals surface area contributed by atoms with Crippen molar-refractivity contribution >= 4 is 5.97 Å². The smallest absolute Gasteiger partial charge is 0.338 e. The second kappa shape index (κ2) is 4.77. The fourth-order valence-corrected chi connectivity index (χ4v) is 1.06. The average molecular weight is 193 g/mol.